The molecule has 22 heavy (non-hydrogen) atoms. The van der Waals surface area contributed by atoms with Crippen LogP contribution in [0.5, 0.6) is 5.75 Å². The first-order valence-electron chi connectivity index (χ1n) is 7.25. The Kier molecular flexibility index (Phi) is 3.96. The third-order valence-corrected chi connectivity index (χ3v) is 3.75. The van der Waals surface area contributed by atoms with Gasteiger partial charge in [0.1, 0.15) is 11.5 Å². The SMILES string of the molecule is COc1cccnc1NC(=O)/C=C/c1ccc([C@@H]2C[C@H]2C)o1. The van der Waals surface area contributed by atoms with Gasteiger partial charge in [0.25, 0.3) is 0 Å². The summed E-state index contributed by atoms with van der Waals surface area (Å²) in [5.74, 6) is 3.54. The van der Waals surface area contributed by atoms with E-state index in [9.17, 15) is 4.79 Å². The molecule has 3 rings (SSSR count). The van der Waals surface area contributed by atoms with Gasteiger partial charge in [-0.2, -0.15) is 0 Å². The lowest BCUT2D eigenvalue weighted by molar-refractivity contribution is -0.111. The number of nitrogens with one attached hydrogen (secondary N) is 1. The first-order valence-corrected chi connectivity index (χ1v) is 7.25. The smallest absolute Gasteiger partial charge is 0.249 e. The maximum absolute atomic E-state index is 11.9. The molecule has 2 aromatic rings. The normalized spacial score (nSPS) is 20.1. The summed E-state index contributed by atoms with van der Waals surface area (Å²) in [4.78, 5) is 16.0. The summed E-state index contributed by atoms with van der Waals surface area (Å²) in [6, 6.07) is 7.34. The minimum atomic E-state index is -0.283. The Morgan fingerprint density at radius 3 is 3.00 bits per heavy atom. The fraction of sp³-hybridized carbons (Fsp3) is 0.294. The summed E-state index contributed by atoms with van der Waals surface area (Å²) in [5.41, 5.74) is 0. The van der Waals surface area contributed by atoms with Crippen LogP contribution < -0.4 is 10.1 Å². The summed E-state index contributed by atoms with van der Waals surface area (Å²) < 4.78 is 10.9. The summed E-state index contributed by atoms with van der Waals surface area (Å²) in [6.07, 6.45) is 5.85. The summed E-state index contributed by atoms with van der Waals surface area (Å²) >= 11 is 0. The van der Waals surface area contributed by atoms with Crippen molar-refractivity contribution in [3.05, 3.63) is 48.1 Å². The third kappa shape index (κ3) is 3.19. The van der Waals surface area contributed by atoms with E-state index in [0.29, 0.717) is 29.2 Å². The van der Waals surface area contributed by atoms with Crippen molar-refractivity contribution in [3.63, 3.8) is 0 Å². The predicted molar refractivity (Wildman–Crippen MR) is 83.7 cm³/mol. The molecule has 1 amide bonds. The van der Waals surface area contributed by atoms with Crippen molar-refractivity contribution in [2.75, 3.05) is 12.4 Å². The maximum atomic E-state index is 11.9. The van der Waals surface area contributed by atoms with Crippen molar-refractivity contribution in [2.45, 2.75) is 19.3 Å². The molecule has 5 nitrogen and oxygen atoms in total. The number of carbonyl (C=O) groups excluding carboxylic acids is 1. The van der Waals surface area contributed by atoms with E-state index >= 15 is 0 Å². The van der Waals surface area contributed by atoms with Crippen molar-refractivity contribution in [2.24, 2.45) is 5.92 Å². The van der Waals surface area contributed by atoms with Crippen LogP contribution in [0.25, 0.3) is 6.08 Å². The molecule has 2 heterocycles. The van der Waals surface area contributed by atoms with Crippen LogP contribution in [-0.2, 0) is 4.79 Å². The fourth-order valence-corrected chi connectivity index (χ4v) is 2.34. The third-order valence-electron chi connectivity index (χ3n) is 3.75. The molecule has 0 spiro atoms. The maximum Gasteiger partial charge on any atom is 0.249 e. The quantitative estimate of drug-likeness (QED) is 0.859. The number of hydrogen-bond acceptors (Lipinski definition) is 4. The van der Waals surface area contributed by atoms with Crippen molar-refractivity contribution in [1.82, 2.24) is 4.98 Å². The van der Waals surface area contributed by atoms with Gasteiger partial charge in [-0.1, -0.05) is 6.92 Å². The molecule has 1 saturated carbocycles. The zero-order valence-corrected chi connectivity index (χ0v) is 12.6. The van der Waals surface area contributed by atoms with Crippen molar-refractivity contribution >= 4 is 17.8 Å². The highest BCUT2D eigenvalue weighted by Gasteiger charge is 2.36. The lowest BCUT2D eigenvalue weighted by Gasteiger charge is -2.06. The Morgan fingerprint density at radius 1 is 1.45 bits per heavy atom. The average Bonchev–Trinajstić information content (AvgIpc) is 3.07. The molecule has 0 radical (unpaired) electrons. The summed E-state index contributed by atoms with van der Waals surface area (Å²) in [7, 11) is 1.53. The molecule has 0 saturated heterocycles. The summed E-state index contributed by atoms with van der Waals surface area (Å²) in [6.45, 7) is 2.20. The van der Waals surface area contributed by atoms with Crippen molar-refractivity contribution in [1.29, 1.82) is 0 Å². The minimum absolute atomic E-state index is 0.283. The number of amides is 1. The van der Waals surface area contributed by atoms with Crippen LogP contribution in [0.15, 0.2) is 41.0 Å². The van der Waals surface area contributed by atoms with Crippen LogP contribution in [0.2, 0.25) is 0 Å². The van der Waals surface area contributed by atoms with E-state index in [1.54, 1.807) is 24.4 Å². The molecular weight excluding hydrogens is 280 g/mol. The van der Waals surface area contributed by atoms with Gasteiger partial charge in [0, 0.05) is 18.2 Å². The van der Waals surface area contributed by atoms with Crippen LogP contribution in [0.4, 0.5) is 5.82 Å². The van der Waals surface area contributed by atoms with E-state index in [-0.39, 0.29) is 5.91 Å². The van der Waals surface area contributed by atoms with E-state index in [0.717, 1.165) is 5.76 Å². The van der Waals surface area contributed by atoms with E-state index < -0.39 is 0 Å². The predicted octanol–water partition coefficient (Wildman–Crippen LogP) is 3.46. The molecule has 5 heteroatoms. The van der Waals surface area contributed by atoms with Crippen LogP contribution in [0.1, 0.15) is 30.8 Å². The van der Waals surface area contributed by atoms with Gasteiger partial charge in [-0.3, -0.25) is 4.79 Å². The highest BCUT2D eigenvalue weighted by molar-refractivity contribution is 6.01. The second-order valence-electron chi connectivity index (χ2n) is 5.44. The molecular formula is C17H18N2O3. The average molecular weight is 298 g/mol. The van der Waals surface area contributed by atoms with E-state index in [1.807, 2.05) is 12.1 Å². The Labute approximate surface area is 129 Å². The molecule has 1 aliphatic carbocycles. The molecule has 0 unspecified atom stereocenters. The second-order valence-corrected chi connectivity index (χ2v) is 5.44. The molecule has 1 fully saturated rings. The monoisotopic (exact) mass is 298 g/mol. The first kappa shape index (κ1) is 14.4. The molecule has 0 aromatic carbocycles. The van der Waals surface area contributed by atoms with E-state index in [4.69, 9.17) is 9.15 Å². The Hall–Kier alpha value is -2.56. The van der Waals surface area contributed by atoms with Crippen LogP contribution in [0, 0.1) is 5.92 Å². The van der Waals surface area contributed by atoms with Crippen LogP contribution in [0.3, 0.4) is 0 Å². The highest BCUT2D eigenvalue weighted by Crippen LogP contribution is 2.47. The number of rotatable bonds is 5. The number of ether oxygens (including phenoxy) is 1. The molecule has 1 aliphatic rings. The minimum Gasteiger partial charge on any atom is -0.493 e. The van der Waals surface area contributed by atoms with Gasteiger partial charge in [-0.25, -0.2) is 4.98 Å². The van der Waals surface area contributed by atoms with E-state index in [2.05, 4.69) is 17.2 Å². The van der Waals surface area contributed by atoms with Gasteiger partial charge in [-0.05, 0) is 42.7 Å². The van der Waals surface area contributed by atoms with Crippen molar-refractivity contribution in [3.8, 4) is 5.75 Å². The molecule has 114 valence electrons. The molecule has 1 N–H and O–H groups in total. The summed E-state index contributed by atoms with van der Waals surface area (Å²) in [5, 5.41) is 2.68. The number of hydrogen-bond donors (Lipinski definition) is 1. The van der Waals surface area contributed by atoms with Gasteiger partial charge in [0.05, 0.1) is 7.11 Å². The zero-order valence-electron chi connectivity index (χ0n) is 12.6. The zero-order chi connectivity index (χ0) is 15.5. The molecule has 2 atom stereocenters. The number of anilines is 1. The van der Waals surface area contributed by atoms with Crippen LogP contribution in [-0.4, -0.2) is 18.0 Å². The highest BCUT2D eigenvalue weighted by atomic mass is 16.5. The fourth-order valence-electron chi connectivity index (χ4n) is 2.34. The number of carbonyl (C=O) groups is 1. The number of methoxy groups -OCH3 is 1. The lowest BCUT2D eigenvalue weighted by Crippen LogP contribution is -2.10. The Balaban J connectivity index is 1.62. The topological polar surface area (TPSA) is 64.4 Å². The molecule has 2 aromatic heterocycles. The van der Waals surface area contributed by atoms with Gasteiger partial charge in [0.2, 0.25) is 5.91 Å². The first-order chi connectivity index (χ1) is 10.7. The van der Waals surface area contributed by atoms with Gasteiger partial charge in [-0.15, -0.1) is 0 Å². The molecule has 0 bridgehead atoms. The number of nitrogens with zero attached hydrogens (tertiary/aromatic N) is 1. The Morgan fingerprint density at radius 2 is 2.27 bits per heavy atom. The lowest BCUT2D eigenvalue weighted by atomic mass is 10.3. The van der Waals surface area contributed by atoms with Gasteiger partial charge >= 0.3 is 0 Å². The van der Waals surface area contributed by atoms with Crippen LogP contribution >= 0.6 is 0 Å². The Bertz CT molecular complexity index is 705. The van der Waals surface area contributed by atoms with Gasteiger partial charge < -0.3 is 14.5 Å². The molecule has 0 aliphatic heterocycles. The van der Waals surface area contributed by atoms with Crippen molar-refractivity contribution < 1.29 is 13.9 Å². The standard InChI is InChI=1S/C17H18N2O3/c1-11-10-13(11)14-7-5-12(22-14)6-8-16(20)19-17-15(21-2)4-3-9-18-17/h3-9,11,13H,10H2,1-2H3,(H,18,19,20)/b8-6+/t11-,13-/m1/s1. The number of pyridine rings is 1. The van der Waals surface area contributed by atoms with Gasteiger partial charge in [0.15, 0.2) is 11.6 Å². The second kappa shape index (κ2) is 6.05. The number of furan rings is 1. The van der Waals surface area contributed by atoms with E-state index in [1.165, 1.54) is 19.6 Å². The largest absolute Gasteiger partial charge is 0.493 e. The number of aromatic nitrogens is 1.